The third kappa shape index (κ3) is 5.85. The maximum Gasteiger partial charge on any atom is 0.410 e. The highest BCUT2D eigenvalue weighted by Gasteiger charge is 2.34. The van der Waals surface area contributed by atoms with Gasteiger partial charge in [0.1, 0.15) is 5.60 Å². The fraction of sp³-hybridized carbons (Fsp3) is 0.882. The molecular formula is C17H33N5O2. The molecule has 0 unspecified atom stereocenters. The number of hydrogen-bond donors (Lipinski definition) is 2. The van der Waals surface area contributed by atoms with Gasteiger partial charge in [0.05, 0.1) is 6.04 Å². The van der Waals surface area contributed by atoms with E-state index in [-0.39, 0.29) is 12.1 Å². The maximum atomic E-state index is 11.9. The number of amides is 1. The molecule has 1 amide bonds. The highest BCUT2D eigenvalue weighted by atomic mass is 16.6. The summed E-state index contributed by atoms with van der Waals surface area (Å²) >= 11 is 0. The molecule has 7 nitrogen and oxygen atoms in total. The van der Waals surface area contributed by atoms with Crippen LogP contribution in [0.4, 0.5) is 4.79 Å². The zero-order valence-electron chi connectivity index (χ0n) is 15.8. The Morgan fingerprint density at radius 1 is 1.33 bits per heavy atom. The second kappa shape index (κ2) is 8.05. The van der Waals surface area contributed by atoms with Crippen molar-refractivity contribution in [1.82, 2.24) is 20.4 Å². The van der Waals surface area contributed by atoms with E-state index in [9.17, 15) is 4.79 Å². The van der Waals surface area contributed by atoms with Gasteiger partial charge in [-0.3, -0.25) is 9.89 Å². The minimum Gasteiger partial charge on any atom is -0.444 e. The van der Waals surface area contributed by atoms with Crippen molar-refractivity contribution in [1.29, 1.82) is 0 Å². The van der Waals surface area contributed by atoms with Gasteiger partial charge < -0.3 is 20.3 Å². The van der Waals surface area contributed by atoms with Crippen LogP contribution in [0.1, 0.15) is 40.5 Å². The van der Waals surface area contributed by atoms with Gasteiger partial charge >= 0.3 is 6.09 Å². The number of likely N-dealkylation sites (N-methyl/N-ethyl adjacent to an activating group) is 1. The number of nitrogens with zero attached hydrogens (tertiary/aromatic N) is 3. The Hall–Kier alpha value is -1.50. The van der Waals surface area contributed by atoms with E-state index in [0.29, 0.717) is 13.1 Å². The Balaban J connectivity index is 1.63. The molecule has 0 aromatic heterocycles. The summed E-state index contributed by atoms with van der Waals surface area (Å²) in [5.41, 5.74) is -0.445. The number of guanidine groups is 1. The van der Waals surface area contributed by atoms with E-state index in [1.54, 1.807) is 11.9 Å². The van der Waals surface area contributed by atoms with Crippen LogP contribution in [-0.4, -0.2) is 79.3 Å². The second-order valence-corrected chi connectivity index (χ2v) is 7.59. The second-order valence-electron chi connectivity index (χ2n) is 7.59. The molecule has 0 aromatic rings. The fourth-order valence-electron chi connectivity index (χ4n) is 2.79. The lowest BCUT2D eigenvalue weighted by Crippen LogP contribution is -2.63. The SMILES string of the molecule is CCN(CCNC(=NC)NC1CN(C(=O)OC(C)(C)C)C1)C1CC1. The monoisotopic (exact) mass is 339 g/mol. The van der Waals surface area contributed by atoms with Gasteiger partial charge in [0.25, 0.3) is 0 Å². The van der Waals surface area contributed by atoms with Gasteiger partial charge in [-0.1, -0.05) is 6.92 Å². The Bertz CT molecular complexity index is 450. The van der Waals surface area contributed by atoms with Gasteiger partial charge in [-0.2, -0.15) is 0 Å². The molecule has 1 aliphatic heterocycles. The minimum atomic E-state index is -0.445. The number of ether oxygens (including phenoxy) is 1. The molecule has 1 heterocycles. The first-order chi connectivity index (χ1) is 11.3. The van der Waals surface area contributed by atoms with Crippen LogP contribution in [0.2, 0.25) is 0 Å². The third-order valence-corrected chi connectivity index (χ3v) is 4.26. The highest BCUT2D eigenvalue weighted by molar-refractivity contribution is 5.80. The summed E-state index contributed by atoms with van der Waals surface area (Å²) in [5.74, 6) is 0.802. The topological polar surface area (TPSA) is 69.2 Å². The molecule has 138 valence electrons. The Morgan fingerprint density at radius 3 is 2.50 bits per heavy atom. The number of hydrogen-bond acceptors (Lipinski definition) is 4. The maximum absolute atomic E-state index is 11.9. The summed E-state index contributed by atoms with van der Waals surface area (Å²) in [6.07, 6.45) is 2.43. The lowest BCUT2D eigenvalue weighted by Gasteiger charge is -2.40. The molecule has 2 rings (SSSR count). The molecule has 0 spiro atoms. The predicted molar refractivity (Wildman–Crippen MR) is 96.4 cm³/mol. The lowest BCUT2D eigenvalue weighted by atomic mass is 10.1. The van der Waals surface area contributed by atoms with Gasteiger partial charge in [-0.25, -0.2) is 4.79 Å². The van der Waals surface area contributed by atoms with Gasteiger partial charge in [-0.05, 0) is 40.2 Å². The summed E-state index contributed by atoms with van der Waals surface area (Å²) in [4.78, 5) is 20.4. The third-order valence-electron chi connectivity index (χ3n) is 4.26. The highest BCUT2D eigenvalue weighted by Crippen LogP contribution is 2.25. The quantitative estimate of drug-likeness (QED) is 0.563. The van der Waals surface area contributed by atoms with E-state index in [1.807, 2.05) is 20.8 Å². The summed E-state index contributed by atoms with van der Waals surface area (Å²) < 4.78 is 5.36. The molecule has 24 heavy (non-hydrogen) atoms. The van der Waals surface area contributed by atoms with Crippen molar-refractivity contribution in [2.24, 2.45) is 4.99 Å². The van der Waals surface area contributed by atoms with Crippen molar-refractivity contribution < 1.29 is 9.53 Å². The predicted octanol–water partition coefficient (Wildman–Crippen LogP) is 1.26. The van der Waals surface area contributed by atoms with Crippen molar-refractivity contribution in [2.75, 3.05) is 39.8 Å². The Morgan fingerprint density at radius 2 is 2.00 bits per heavy atom. The number of carbonyl (C=O) groups is 1. The largest absolute Gasteiger partial charge is 0.444 e. The summed E-state index contributed by atoms with van der Waals surface area (Å²) in [5, 5.41) is 6.72. The van der Waals surface area contributed by atoms with E-state index in [4.69, 9.17) is 4.74 Å². The molecule has 0 atom stereocenters. The number of carbonyl (C=O) groups excluding carboxylic acids is 1. The molecule has 0 radical (unpaired) electrons. The average Bonchev–Trinajstić information content (AvgIpc) is 3.27. The molecule has 2 fully saturated rings. The number of aliphatic imine (C=N–C) groups is 1. The molecule has 0 aromatic carbocycles. The molecule has 2 N–H and O–H groups in total. The standard InChI is InChI=1S/C17H33N5O2/c1-6-21(14-7-8-14)10-9-19-15(18-5)20-13-11-22(12-13)16(23)24-17(2,3)4/h13-14H,6-12H2,1-5H3,(H2,18,19,20). The van der Waals surface area contributed by atoms with Crippen LogP contribution in [0.5, 0.6) is 0 Å². The smallest absolute Gasteiger partial charge is 0.410 e. The molecule has 1 aliphatic carbocycles. The fourth-order valence-corrected chi connectivity index (χ4v) is 2.79. The summed E-state index contributed by atoms with van der Waals surface area (Å²) in [7, 11) is 1.78. The van der Waals surface area contributed by atoms with Crippen LogP contribution in [0, 0.1) is 0 Å². The average molecular weight is 339 g/mol. The van der Waals surface area contributed by atoms with Gasteiger partial charge in [0, 0.05) is 39.3 Å². The van der Waals surface area contributed by atoms with Crippen molar-refractivity contribution in [3.8, 4) is 0 Å². The number of rotatable bonds is 6. The molecule has 2 aliphatic rings. The molecule has 7 heteroatoms. The molecular weight excluding hydrogens is 306 g/mol. The normalized spacial score (nSPS) is 19.2. The van der Waals surface area contributed by atoms with E-state index in [2.05, 4.69) is 27.4 Å². The first-order valence-corrected chi connectivity index (χ1v) is 9.01. The molecule has 1 saturated heterocycles. The Kier molecular flexibility index (Phi) is 6.32. The van der Waals surface area contributed by atoms with Crippen LogP contribution in [-0.2, 0) is 4.74 Å². The first-order valence-electron chi connectivity index (χ1n) is 9.01. The van der Waals surface area contributed by atoms with Gasteiger partial charge in [0.15, 0.2) is 5.96 Å². The summed E-state index contributed by atoms with van der Waals surface area (Å²) in [6.45, 7) is 12.2. The first kappa shape index (κ1) is 18.8. The van der Waals surface area contributed by atoms with Crippen LogP contribution in [0.3, 0.4) is 0 Å². The molecule has 1 saturated carbocycles. The Labute approximate surface area is 145 Å². The van der Waals surface area contributed by atoms with E-state index in [1.165, 1.54) is 12.8 Å². The summed E-state index contributed by atoms with van der Waals surface area (Å²) in [6, 6.07) is 1.02. The number of likely N-dealkylation sites (tertiary alicyclic amines) is 1. The van der Waals surface area contributed by atoms with Crippen molar-refractivity contribution in [2.45, 2.75) is 58.2 Å². The molecule has 0 bridgehead atoms. The van der Waals surface area contributed by atoms with E-state index in [0.717, 1.165) is 31.6 Å². The minimum absolute atomic E-state index is 0.231. The van der Waals surface area contributed by atoms with E-state index < -0.39 is 5.60 Å². The number of nitrogens with one attached hydrogen (secondary N) is 2. The van der Waals surface area contributed by atoms with E-state index >= 15 is 0 Å². The zero-order valence-corrected chi connectivity index (χ0v) is 15.8. The van der Waals surface area contributed by atoms with Gasteiger partial charge in [-0.15, -0.1) is 0 Å². The van der Waals surface area contributed by atoms with Crippen molar-refractivity contribution in [3.63, 3.8) is 0 Å². The van der Waals surface area contributed by atoms with Crippen LogP contribution < -0.4 is 10.6 Å². The van der Waals surface area contributed by atoms with Crippen LogP contribution >= 0.6 is 0 Å². The van der Waals surface area contributed by atoms with Gasteiger partial charge in [0.2, 0.25) is 0 Å². The zero-order chi connectivity index (χ0) is 17.7. The van der Waals surface area contributed by atoms with Crippen LogP contribution in [0.25, 0.3) is 0 Å². The van der Waals surface area contributed by atoms with Crippen molar-refractivity contribution >= 4 is 12.1 Å². The van der Waals surface area contributed by atoms with Crippen LogP contribution in [0.15, 0.2) is 4.99 Å². The van der Waals surface area contributed by atoms with Crippen molar-refractivity contribution in [3.05, 3.63) is 0 Å². The lowest BCUT2D eigenvalue weighted by molar-refractivity contribution is 0.00701.